The molecule has 0 saturated heterocycles. The molecule has 1 aromatic carbocycles. The molecule has 0 aromatic heterocycles. The summed E-state index contributed by atoms with van der Waals surface area (Å²) in [6.07, 6.45) is 0. The molecule has 0 amide bonds. The van der Waals surface area contributed by atoms with Crippen LogP contribution in [0.2, 0.25) is 0 Å². The van der Waals surface area contributed by atoms with E-state index in [0.29, 0.717) is 0 Å². The molecule has 1 nitrogen and oxygen atoms in total. The molecule has 63 valence electrons. The minimum atomic E-state index is 0.996. The van der Waals surface area contributed by atoms with Gasteiger partial charge in [0.2, 0.25) is 0 Å². The second kappa shape index (κ2) is 3.63. The number of benzene rings is 1. The van der Waals surface area contributed by atoms with E-state index in [9.17, 15) is 0 Å². The van der Waals surface area contributed by atoms with Gasteiger partial charge in [-0.1, -0.05) is 0 Å². The van der Waals surface area contributed by atoms with Crippen LogP contribution in [0, 0.1) is 27.7 Å². The summed E-state index contributed by atoms with van der Waals surface area (Å²) in [5, 5.41) is 0. The molecule has 12 heavy (non-hydrogen) atoms. The van der Waals surface area contributed by atoms with E-state index in [2.05, 4.69) is 33.8 Å². The third kappa shape index (κ3) is 1.57. The molecule has 0 aliphatic carbocycles. The molecule has 0 saturated carbocycles. The second-order valence-electron chi connectivity index (χ2n) is 3.17. The summed E-state index contributed by atoms with van der Waals surface area (Å²) in [5.74, 6) is 0.996. The molecule has 0 spiro atoms. The van der Waals surface area contributed by atoms with Crippen LogP contribution in [0.1, 0.15) is 22.3 Å². The number of rotatable bonds is 1. The summed E-state index contributed by atoms with van der Waals surface area (Å²) in [4.78, 5) is 0. The van der Waals surface area contributed by atoms with Gasteiger partial charge in [-0.15, -0.1) is 0 Å². The molecule has 0 heterocycles. The monoisotopic (exact) mass is 197 g/mol. The van der Waals surface area contributed by atoms with Crippen molar-refractivity contribution in [1.29, 1.82) is 0 Å². The molecule has 0 aliphatic rings. The molecule has 0 atom stereocenters. The summed E-state index contributed by atoms with van der Waals surface area (Å²) in [6, 6.07) is 2.09. The van der Waals surface area contributed by atoms with E-state index in [1.54, 1.807) is 20.8 Å². The Labute approximate surface area is 86.0 Å². The predicted octanol–water partition coefficient (Wildman–Crippen LogP) is 2.76. The van der Waals surface area contributed by atoms with Crippen LogP contribution in [0.25, 0.3) is 0 Å². The fourth-order valence-corrected chi connectivity index (χ4v) is 1.61. The van der Waals surface area contributed by atoms with Gasteiger partial charge in [-0.2, -0.15) is 0 Å². The van der Waals surface area contributed by atoms with Crippen molar-refractivity contribution in [3.8, 4) is 5.75 Å². The van der Waals surface area contributed by atoms with Crippen LogP contribution in [0.3, 0.4) is 0 Å². The van der Waals surface area contributed by atoms with E-state index in [1.165, 1.54) is 22.3 Å². The van der Waals surface area contributed by atoms with Gasteiger partial charge >= 0.3 is 85.9 Å². The van der Waals surface area contributed by atoms with Gasteiger partial charge in [-0.3, -0.25) is 0 Å². The SMILES string of the molecule is Cc1cc([O][Ti])c(C)c(C)c1C. The summed E-state index contributed by atoms with van der Waals surface area (Å²) >= 11 is 1.72. The van der Waals surface area contributed by atoms with Crippen molar-refractivity contribution in [2.75, 3.05) is 0 Å². The summed E-state index contributed by atoms with van der Waals surface area (Å²) in [6.45, 7) is 8.50. The first-order valence-corrected chi connectivity index (χ1v) is 4.62. The summed E-state index contributed by atoms with van der Waals surface area (Å²) in [5.41, 5.74) is 5.26. The van der Waals surface area contributed by atoms with Crippen molar-refractivity contribution >= 4 is 0 Å². The van der Waals surface area contributed by atoms with E-state index in [4.69, 9.17) is 3.32 Å². The van der Waals surface area contributed by atoms with Crippen LogP contribution in [-0.4, -0.2) is 0 Å². The Morgan fingerprint density at radius 3 is 2.08 bits per heavy atom. The number of aryl methyl sites for hydroxylation is 1. The third-order valence-corrected chi connectivity index (χ3v) is 2.89. The molecule has 2 heteroatoms. The fraction of sp³-hybridized carbons (Fsp3) is 0.400. The van der Waals surface area contributed by atoms with E-state index >= 15 is 0 Å². The first-order chi connectivity index (χ1) is 5.57. The first-order valence-electron chi connectivity index (χ1n) is 3.99. The molecule has 1 rings (SSSR count). The van der Waals surface area contributed by atoms with Gasteiger partial charge in [-0.05, 0) is 0 Å². The maximum absolute atomic E-state index is 5.26. The van der Waals surface area contributed by atoms with Crippen LogP contribution in [0.15, 0.2) is 6.07 Å². The molecule has 0 N–H and O–H groups in total. The van der Waals surface area contributed by atoms with Gasteiger partial charge in [-0.25, -0.2) is 0 Å². The average Bonchev–Trinajstić information content (AvgIpc) is 2.08. The second-order valence-corrected chi connectivity index (χ2v) is 3.49. The van der Waals surface area contributed by atoms with Crippen molar-refractivity contribution in [2.24, 2.45) is 0 Å². The maximum atomic E-state index is 5.26. The van der Waals surface area contributed by atoms with Gasteiger partial charge in [0.1, 0.15) is 0 Å². The molecule has 0 aliphatic heterocycles. The van der Waals surface area contributed by atoms with Crippen molar-refractivity contribution in [3.05, 3.63) is 28.3 Å². The van der Waals surface area contributed by atoms with E-state index in [0.717, 1.165) is 5.75 Å². The molecule has 0 fully saturated rings. The van der Waals surface area contributed by atoms with Crippen molar-refractivity contribution < 1.29 is 24.1 Å². The molecule has 0 bridgehead atoms. The zero-order chi connectivity index (χ0) is 9.30. The van der Waals surface area contributed by atoms with Crippen LogP contribution in [0.4, 0.5) is 0 Å². The number of hydrogen-bond acceptors (Lipinski definition) is 1. The van der Waals surface area contributed by atoms with Crippen molar-refractivity contribution in [1.82, 2.24) is 0 Å². The van der Waals surface area contributed by atoms with Gasteiger partial charge < -0.3 is 0 Å². The first kappa shape index (κ1) is 9.82. The Morgan fingerprint density at radius 1 is 1.00 bits per heavy atom. The zero-order valence-electron chi connectivity index (χ0n) is 7.99. The van der Waals surface area contributed by atoms with Crippen LogP contribution < -0.4 is 3.32 Å². The van der Waals surface area contributed by atoms with Crippen molar-refractivity contribution in [2.45, 2.75) is 27.7 Å². The van der Waals surface area contributed by atoms with E-state index < -0.39 is 0 Å². The average molecular weight is 197 g/mol. The third-order valence-electron chi connectivity index (χ3n) is 2.54. The molecular weight excluding hydrogens is 184 g/mol. The quantitative estimate of drug-likeness (QED) is 0.629. The fourth-order valence-electron chi connectivity index (χ4n) is 1.28. The minimum absolute atomic E-state index is 0.996. The number of hydrogen-bond donors (Lipinski definition) is 0. The van der Waals surface area contributed by atoms with Crippen LogP contribution in [-0.2, 0) is 20.8 Å². The predicted molar refractivity (Wildman–Crippen MR) is 46.0 cm³/mol. The van der Waals surface area contributed by atoms with Crippen LogP contribution >= 0.6 is 0 Å². The molecule has 1 aromatic rings. The zero-order valence-corrected chi connectivity index (χ0v) is 9.55. The topological polar surface area (TPSA) is 9.23 Å². The summed E-state index contributed by atoms with van der Waals surface area (Å²) in [7, 11) is 0. The Morgan fingerprint density at radius 2 is 1.58 bits per heavy atom. The summed E-state index contributed by atoms with van der Waals surface area (Å²) < 4.78 is 5.26. The molecule has 0 radical (unpaired) electrons. The van der Waals surface area contributed by atoms with Crippen molar-refractivity contribution in [3.63, 3.8) is 0 Å². The van der Waals surface area contributed by atoms with Gasteiger partial charge in [0.15, 0.2) is 0 Å². The standard InChI is InChI=1S/C10H14O.Ti/c1-6-5-10(11)9(4)8(3)7(6)2;/h5,11H,1-4H3;/q;+1/p-1. The molecular formula is C10H13OTi. The Hall–Kier alpha value is -0.266. The van der Waals surface area contributed by atoms with Crippen LogP contribution in [0.5, 0.6) is 5.75 Å². The Balaban J connectivity index is 3.39. The van der Waals surface area contributed by atoms with E-state index in [1.807, 2.05) is 0 Å². The normalized spacial score (nSPS) is 9.92. The Bertz CT molecular complexity index is 305. The van der Waals surface area contributed by atoms with Gasteiger partial charge in [0, 0.05) is 0 Å². The van der Waals surface area contributed by atoms with Gasteiger partial charge in [0.25, 0.3) is 0 Å². The Kier molecular flexibility index (Phi) is 2.97. The molecule has 0 unspecified atom stereocenters. The van der Waals surface area contributed by atoms with Gasteiger partial charge in [0.05, 0.1) is 0 Å². The van der Waals surface area contributed by atoms with E-state index in [-0.39, 0.29) is 0 Å².